The highest BCUT2D eigenvalue weighted by Gasteiger charge is 2.57. The Morgan fingerprint density at radius 2 is 1.61 bits per heavy atom. The van der Waals surface area contributed by atoms with Crippen LogP contribution >= 0.6 is 11.9 Å². The van der Waals surface area contributed by atoms with Crippen molar-refractivity contribution in [3.8, 4) is 0 Å². The van der Waals surface area contributed by atoms with Crippen LogP contribution in [0, 0.1) is 23.5 Å². The van der Waals surface area contributed by atoms with Gasteiger partial charge in [0.2, 0.25) is 0 Å². The molecule has 1 aromatic heterocycles. The van der Waals surface area contributed by atoms with Gasteiger partial charge in [0, 0.05) is 54.4 Å². The Bertz CT molecular complexity index is 1210. The fourth-order valence-corrected chi connectivity index (χ4v) is 7.15. The van der Waals surface area contributed by atoms with Gasteiger partial charge in [0.25, 0.3) is 0 Å². The summed E-state index contributed by atoms with van der Waals surface area (Å²) in [4.78, 5) is 1.82. The number of aromatic nitrogens is 3. The fourth-order valence-electron chi connectivity index (χ4n) is 5.72. The second-order valence-electron chi connectivity index (χ2n) is 9.74. The van der Waals surface area contributed by atoms with Crippen LogP contribution in [0.1, 0.15) is 35.3 Å². The van der Waals surface area contributed by atoms with E-state index in [0.717, 1.165) is 29.6 Å². The van der Waals surface area contributed by atoms with Gasteiger partial charge in [-0.1, -0.05) is 42.3 Å². The lowest BCUT2D eigenvalue weighted by molar-refractivity contribution is -0.174. The third kappa shape index (κ3) is 4.36. The highest BCUT2D eigenvalue weighted by molar-refractivity contribution is 7.97. The molecule has 5 nitrogen and oxygen atoms in total. The topological polar surface area (TPSA) is 37.2 Å². The molecule has 1 aliphatic carbocycles. The SMILES string of the molecule is Fc1cc(N2C[C@@H]3C(n4cnnc4)[C@@H]3C2)c(F)cc1CN1S[C@@H](c2ccccc2)CC[C@@H]1C(F)(F)F. The number of nitrogens with zero attached hydrogens (tertiary/aromatic N) is 5. The summed E-state index contributed by atoms with van der Waals surface area (Å²) >= 11 is 1.06. The second-order valence-corrected chi connectivity index (χ2v) is 11.0. The lowest BCUT2D eigenvalue weighted by atomic mass is 10.0. The first-order valence-electron chi connectivity index (χ1n) is 11.9. The van der Waals surface area contributed by atoms with Crippen molar-refractivity contribution in [2.75, 3.05) is 18.0 Å². The molecule has 2 aliphatic heterocycles. The molecule has 5 atom stereocenters. The van der Waals surface area contributed by atoms with Crippen LogP contribution in [0.25, 0.3) is 0 Å². The minimum Gasteiger partial charge on any atom is -0.368 e. The summed E-state index contributed by atoms with van der Waals surface area (Å²) in [5.41, 5.74) is 1.01. The Labute approximate surface area is 209 Å². The first-order valence-corrected chi connectivity index (χ1v) is 12.8. The first kappa shape index (κ1) is 23.7. The zero-order valence-corrected chi connectivity index (χ0v) is 20.0. The minimum absolute atomic E-state index is 0.0709. The average molecular weight is 522 g/mol. The van der Waals surface area contributed by atoms with E-state index >= 15 is 8.78 Å². The third-order valence-electron chi connectivity index (χ3n) is 7.57. The maximum atomic E-state index is 15.2. The molecule has 2 aromatic carbocycles. The Hall–Kier alpha value is -2.66. The zero-order valence-electron chi connectivity index (χ0n) is 19.2. The molecule has 3 aliphatic rings. The zero-order chi connectivity index (χ0) is 25.0. The predicted octanol–water partition coefficient (Wildman–Crippen LogP) is 5.78. The van der Waals surface area contributed by atoms with Crippen molar-refractivity contribution in [1.29, 1.82) is 0 Å². The van der Waals surface area contributed by atoms with Crippen molar-refractivity contribution in [2.45, 2.75) is 42.9 Å². The summed E-state index contributed by atoms with van der Waals surface area (Å²) in [5, 5.41) is 7.48. The van der Waals surface area contributed by atoms with Crippen LogP contribution in [0.5, 0.6) is 0 Å². The lowest BCUT2D eigenvalue weighted by Gasteiger charge is -2.39. The van der Waals surface area contributed by atoms with E-state index in [9.17, 15) is 13.2 Å². The predicted molar refractivity (Wildman–Crippen MR) is 126 cm³/mol. The summed E-state index contributed by atoms with van der Waals surface area (Å²) in [6, 6.07) is 10.1. The third-order valence-corrected chi connectivity index (χ3v) is 8.99. The van der Waals surface area contributed by atoms with Gasteiger partial charge in [0.05, 0.1) is 5.69 Å². The summed E-state index contributed by atoms with van der Waals surface area (Å²) in [6.07, 6.45) is -0.864. The van der Waals surface area contributed by atoms with Gasteiger partial charge in [-0.2, -0.15) is 13.2 Å². The van der Waals surface area contributed by atoms with Crippen LogP contribution in [0.2, 0.25) is 0 Å². The van der Waals surface area contributed by atoms with Crippen molar-refractivity contribution in [3.05, 3.63) is 77.9 Å². The fraction of sp³-hybridized carbons (Fsp3) is 0.440. The minimum atomic E-state index is -4.46. The molecule has 1 unspecified atom stereocenters. The molecule has 3 fully saturated rings. The Kier molecular flexibility index (Phi) is 5.94. The quantitative estimate of drug-likeness (QED) is 0.314. The summed E-state index contributed by atoms with van der Waals surface area (Å²) in [7, 11) is 0. The number of halogens is 5. The van der Waals surface area contributed by atoms with Gasteiger partial charge in [0.15, 0.2) is 0 Å². The van der Waals surface area contributed by atoms with E-state index in [-0.39, 0.29) is 35.5 Å². The number of benzene rings is 2. The van der Waals surface area contributed by atoms with Crippen molar-refractivity contribution in [1.82, 2.24) is 19.1 Å². The highest BCUT2D eigenvalue weighted by atomic mass is 32.2. The van der Waals surface area contributed by atoms with E-state index in [1.807, 2.05) is 39.8 Å². The Morgan fingerprint density at radius 3 is 2.28 bits per heavy atom. The number of fused-ring (bicyclic) bond motifs is 1. The van der Waals surface area contributed by atoms with Crippen LogP contribution in [-0.4, -0.2) is 44.4 Å². The van der Waals surface area contributed by atoms with Crippen LogP contribution in [0.15, 0.2) is 55.1 Å². The van der Waals surface area contributed by atoms with E-state index in [0.29, 0.717) is 31.3 Å². The standard InChI is InChI=1S/C25H24F5N5S/c26-19-9-21(33-11-17-18(12-33)24(17)34-13-31-32-14-34)20(27)8-16(19)10-35-23(25(28,29)30)7-6-22(36-35)15-4-2-1-3-5-15/h1-5,8-9,13-14,17-18,22-24H,6-7,10-12H2/t17-,18+,22-,23-,24?/m1/s1. The smallest absolute Gasteiger partial charge is 0.368 e. The van der Waals surface area contributed by atoms with Gasteiger partial charge >= 0.3 is 6.18 Å². The summed E-state index contributed by atoms with van der Waals surface area (Å²) < 4.78 is 74.8. The molecule has 0 amide bonds. The molecule has 2 saturated heterocycles. The molecule has 0 radical (unpaired) electrons. The molecule has 6 rings (SSSR count). The number of alkyl halides is 3. The number of rotatable bonds is 5. The van der Waals surface area contributed by atoms with E-state index in [1.54, 1.807) is 12.7 Å². The van der Waals surface area contributed by atoms with Crippen molar-refractivity contribution >= 4 is 17.6 Å². The highest BCUT2D eigenvalue weighted by Crippen LogP contribution is 2.56. The van der Waals surface area contributed by atoms with Gasteiger partial charge < -0.3 is 9.47 Å². The maximum absolute atomic E-state index is 15.2. The molecule has 0 N–H and O–H groups in total. The van der Waals surface area contributed by atoms with E-state index < -0.39 is 23.9 Å². The molecule has 0 spiro atoms. The van der Waals surface area contributed by atoms with Crippen LogP contribution < -0.4 is 4.90 Å². The molecule has 190 valence electrons. The second kappa shape index (κ2) is 9.02. The average Bonchev–Trinajstić information content (AvgIpc) is 3.23. The molecule has 11 heteroatoms. The van der Waals surface area contributed by atoms with Gasteiger partial charge in [-0.25, -0.2) is 13.1 Å². The van der Waals surface area contributed by atoms with Gasteiger partial charge in [-0.3, -0.25) is 0 Å². The number of hydrogen-bond donors (Lipinski definition) is 0. The van der Waals surface area contributed by atoms with E-state index in [2.05, 4.69) is 10.2 Å². The molecular weight excluding hydrogens is 497 g/mol. The molecule has 3 heterocycles. The van der Waals surface area contributed by atoms with E-state index in [1.165, 1.54) is 4.31 Å². The van der Waals surface area contributed by atoms with Crippen molar-refractivity contribution in [3.63, 3.8) is 0 Å². The molecule has 36 heavy (non-hydrogen) atoms. The first-order chi connectivity index (χ1) is 17.3. The monoisotopic (exact) mass is 521 g/mol. The maximum Gasteiger partial charge on any atom is 0.404 e. The molecular formula is C25H24F5N5S. The van der Waals surface area contributed by atoms with Crippen LogP contribution in [0.4, 0.5) is 27.6 Å². The van der Waals surface area contributed by atoms with E-state index in [4.69, 9.17) is 0 Å². The number of hydrogen-bond acceptors (Lipinski definition) is 5. The van der Waals surface area contributed by atoms with Gasteiger partial charge in [-0.15, -0.1) is 10.2 Å². The van der Waals surface area contributed by atoms with Crippen molar-refractivity contribution in [2.24, 2.45) is 11.8 Å². The van der Waals surface area contributed by atoms with Gasteiger partial charge in [0.1, 0.15) is 30.3 Å². The molecule has 1 saturated carbocycles. The molecule has 3 aromatic rings. The van der Waals surface area contributed by atoms with Crippen LogP contribution in [0.3, 0.4) is 0 Å². The number of anilines is 1. The number of piperidine rings is 1. The largest absolute Gasteiger partial charge is 0.404 e. The summed E-state index contributed by atoms with van der Waals surface area (Å²) in [6.45, 7) is 0.836. The lowest BCUT2D eigenvalue weighted by Crippen LogP contribution is -2.44. The molecule has 0 bridgehead atoms. The van der Waals surface area contributed by atoms with Gasteiger partial charge in [-0.05, 0) is 24.5 Å². The normalized spacial score (nSPS) is 28.4. The Morgan fingerprint density at radius 1 is 0.917 bits per heavy atom. The summed E-state index contributed by atoms with van der Waals surface area (Å²) in [5.74, 6) is -0.671. The Balaban J connectivity index is 1.19. The van der Waals surface area contributed by atoms with Crippen molar-refractivity contribution < 1.29 is 22.0 Å². The van der Waals surface area contributed by atoms with Crippen LogP contribution in [-0.2, 0) is 6.54 Å².